The first kappa shape index (κ1) is 17.9. The first-order valence-electron chi connectivity index (χ1n) is 8.78. The Morgan fingerprint density at radius 1 is 1.23 bits per heavy atom. The third-order valence-corrected chi connectivity index (χ3v) is 4.48. The summed E-state index contributed by atoms with van der Waals surface area (Å²) in [6, 6.07) is 16.2. The predicted molar refractivity (Wildman–Crippen MR) is 109 cm³/mol. The minimum atomic E-state index is -0.294. The highest BCUT2D eigenvalue weighted by molar-refractivity contribution is 5.81. The number of allylic oxidation sites excluding steroid dienone is 2. The molecule has 0 aliphatic carbocycles. The Hall–Kier alpha value is -2.88. The Morgan fingerprint density at radius 3 is 2.85 bits per heavy atom. The topological polar surface area (TPSA) is 21.1 Å². The van der Waals surface area contributed by atoms with Gasteiger partial charge in [-0.2, -0.15) is 0 Å². The SMILES string of the molecule is C=C(/C=C\n1c(C)nc2ccccc21)c1cccc(N(C)CCCF)c1. The number of rotatable bonds is 7. The maximum Gasteiger partial charge on any atom is 0.110 e. The first-order valence-corrected chi connectivity index (χ1v) is 8.78. The van der Waals surface area contributed by atoms with Crippen LogP contribution in [0.3, 0.4) is 0 Å². The van der Waals surface area contributed by atoms with Gasteiger partial charge in [-0.1, -0.05) is 30.8 Å². The molecule has 3 nitrogen and oxygen atoms in total. The maximum atomic E-state index is 12.4. The van der Waals surface area contributed by atoms with Gasteiger partial charge < -0.3 is 9.47 Å². The van der Waals surface area contributed by atoms with Gasteiger partial charge in [0.2, 0.25) is 0 Å². The number of hydrogen-bond acceptors (Lipinski definition) is 2. The van der Waals surface area contributed by atoms with Gasteiger partial charge in [-0.25, -0.2) is 4.98 Å². The molecule has 0 bridgehead atoms. The van der Waals surface area contributed by atoms with Crippen LogP contribution in [0.25, 0.3) is 22.8 Å². The van der Waals surface area contributed by atoms with Gasteiger partial charge in [-0.3, -0.25) is 4.39 Å². The summed E-state index contributed by atoms with van der Waals surface area (Å²) in [6.07, 6.45) is 4.54. The average molecular weight is 349 g/mol. The quantitative estimate of drug-likeness (QED) is 0.538. The highest BCUT2D eigenvalue weighted by atomic mass is 19.1. The smallest absolute Gasteiger partial charge is 0.110 e. The lowest BCUT2D eigenvalue weighted by molar-refractivity contribution is 0.474. The monoisotopic (exact) mass is 349 g/mol. The van der Waals surface area contributed by atoms with Gasteiger partial charge in [-0.05, 0) is 54.8 Å². The lowest BCUT2D eigenvalue weighted by Crippen LogP contribution is -2.18. The minimum Gasteiger partial charge on any atom is -0.374 e. The summed E-state index contributed by atoms with van der Waals surface area (Å²) in [5.74, 6) is 0.940. The third kappa shape index (κ3) is 3.85. The van der Waals surface area contributed by atoms with E-state index in [4.69, 9.17) is 0 Å². The van der Waals surface area contributed by atoms with E-state index < -0.39 is 0 Å². The van der Waals surface area contributed by atoms with Crippen molar-refractivity contribution in [3.8, 4) is 0 Å². The highest BCUT2D eigenvalue weighted by Gasteiger charge is 2.05. The molecular weight excluding hydrogens is 325 g/mol. The van der Waals surface area contributed by atoms with Gasteiger partial charge >= 0.3 is 0 Å². The molecule has 0 saturated heterocycles. The van der Waals surface area contributed by atoms with Gasteiger partial charge in [0.05, 0.1) is 17.7 Å². The molecule has 0 spiro atoms. The van der Waals surface area contributed by atoms with Crippen LogP contribution in [0.4, 0.5) is 10.1 Å². The summed E-state index contributed by atoms with van der Waals surface area (Å²) < 4.78 is 14.5. The predicted octanol–water partition coefficient (Wildman–Crippen LogP) is 5.32. The molecule has 0 amide bonds. The summed E-state index contributed by atoms with van der Waals surface area (Å²) in [6.45, 7) is 6.59. The van der Waals surface area contributed by atoms with E-state index in [1.54, 1.807) is 0 Å². The van der Waals surface area contributed by atoms with Crippen LogP contribution in [0, 0.1) is 6.92 Å². The Balaban J connectivity index is 1.81. The van der Waals surface area contributed by atoms with Gasteiger partial charge in [-0.15, -0.1) is 0 Å². The molecule has 26 heavy (non-hydrogen) atoms. The lowest BCUT2D eigenvalue weighted by atomic mass is 10.1. The van der Waals surface area contributed by atoms with Crippen molar-refractivity contribution in [2.24, 2.45) is 0 Å². The standard InChI is InChI=1S/C22H24FN3/c1-17(19-8-6-9-20(16-19)25(3)14-7-13-23)12-15-26-18(2)24-21-10-4-5-11-22(21)26/h4-6,8-12,15-16H,1,7,13-14H2,2-3H3/b15-12-. The fraction of sp³-hybridized carbons (Fsp3) is 0.227. The zero-order valence-electron chi connectivity index (χ0n) is 15.3. The van der Waals surface area contributed by atoms with Crippen LogP contribution in [0.5, 0.6) is 0 Å². The molecule has 0 atom stereocenters. The number of nitrogens with zero attached hydrogens (tertiary/aromatic N) is 3. The second kappa shape index (κ2) is 8.00. The number of benzene rings is 2. The van der Waals surface area contributed by atoms with E-state index in [1.807, 2.05) is 62.6 Å². The van der Waals surface area contributed by atoms with E-state index >= 15 is 0 Å². The molecule has 0 unspecified atom stereocenters. The van der Waals surface area contributed by atoms with Crippen LogP contribution in [0.15, 0.2) is 61.2 Å². The number of hydrogen-bond donors (Lipinski definition) is 0. The van der Waals surface area contributed by atoms with Crippen molar-refractivity contribution in [2.45, 2.75) is 13.3 Å². The fourth-order valence-corrected chi connectivity index (χ4v) is 2.98. The minimum absolute atomic E-state index is 0.294. The number of alkyl halides is 1. The Morgan fingerprint density at radius 2 is 2.04 bits per heavy atom. The number of para-hydroxylation sites is 2. The maximum absolute atomic E-state index is 12.4. The normalized spacial score (nSPS) is 11.3. The van der Waals surface area contributed by atoms with E-state index in [1.165, 1.54) is 0 Å². The molecule has 0 saturated carbocycles. The second-order valence-electron chi connectivity index (χ2n) is 6.37. The van der Waals surface area contributed by atoms with E-state index in [-0.39, 0.29) is 6.67 Å². The molecule has 2 aromatic carbocycles. The van der Waals surface area contributed by atoms with Gasteiger partial charge in [0.15, 0.2) is 0 Å². The van der Waals surface area contributed by atoms with Crippen molar-refractivity contribution in [2.75, 3.05) is 25.2 Å². The van der Waals surface area contributed by atoms with E-state index in [9.17, 15) is 4.39 Å². The molecule has 0 N–H and O–H groups in total. The van der Waals surface area contributed by atoms with Gasteiger partial charge in [0, 0.05) is 25.5 Å². The molecule has 1 aromatic heterocycles. The molecule has 0 aliphatic rings. The van der Waals surface area contributed by atoms with E-state index in [2.05, 4.69) is 33.2 Å². The van der Waals surface area contributed by atoms with Crippen molar-refractivity contribution >= 4 is 28.5 Å². The Labute approximate surface area is 154 Å². The molecule has 134 valence electrons. The zero-order chi connectivity index (χ0) is 18.5. The van der Waals surface area contributed by atoms with Crippen molar-refractivity contribution in [1.29, 1.82) is 0 Å². The second-order valence-corrected chi connectivity index (χ2v) is 6.37. The van der Waals surface area contributed by atoms with Gasteiger partial charge in [0.1, 0.15) is 5.82 Å². The van der Waals surface area contributed by atoms with E-state index in [0.717, 1.165) is 33.7 Å². The lowest BCUT2D eigenvalue weighted by Gasteiger charge is -2.19. The van der Waals surface area contributed by atoms with Crippen LogP contribution in [0.1, 0.15) is 17.8 Å². The molecule has 0 radical (unpaired) electrons. The number of fused-ring (bicyclic) bond motifs is 1. The first-order chi connectivity index (χ1) is 12.6. The van der Waals surface area contributed by atoms with Crippen LogP contribution in [-0.4, -0.2) is 29.8 Å². The number of aromatic nitrogens is 2. The molecule has 0 fully saturated rings. The van der Waals surface area contributed by atoms with Crippen LogP contribution in [0.2, 0.25) is 0 Å². The van der Waals surface area contributed by atoms with Crippen molar-refractivity contribution < 1.29 is 4.39 Å². The number of anilines is 1. The zero-order valence-corrected chi connectivity index (χ0v) is 15.3. The largest absolute Gasteiger partial charge is 0.374 e. The van der Waals surface area contributed by atoms with Crippen LogP contribution in [-0.2, 0) is 0 Å². The third-order valence-electron chi connectivity index (χ3n) is 4.48. The fourth-order valence-electron chi connectivity index (χ4n) is 2.98. The molecular formula is C22H24FN3. The van der Waals surface area contributed by atoms with Gasteiger partial charge in [0.25, 0.3) is 0 Å². The van der Waals surface area contributed by atoms with Crippen LogP contribution < -0.4 is 4.90 Å². The molecule has 3 rings (SSSR count). The molecule has 4 heteroatoms. The molecule has 3 aromatic rings. The van der Waals surface area contributed by atoms with Crippen molar-refractivity contribution in [3.05, 3.63) is 72.6 Å². The number of aryl methyl sites for hydroxylation is 1. The summed E-state index contributed by atoms with van der Waals surface area (Å²) in [5.41, 5.74) is 5.09. The molecule has 0 aliphatic heterocycles. The summed E-state index contributed by atoms with van der Waals surface area (Å²) in [5, 5.41) is 0. The van der Waals surface area contributed by atoms with E-state index in [0.29, 0.717) is 13.0 Å². The Bertz CT molecular complexity index is 939. The number of halogens is 1. The average Bonchev–Trinajstić information content (AvgIpc) is 2.99. The Kier molecular flexibility index (Phi) is 5.52. The van der Waals surface area contributed by atoms with Crippen LogP contribution >= 0.6 is 0 Å². The molecule has 1 heterocycles. The van der Waals surface area contributed by atoms with Crippen molar-refractivity contribution in [1.82, 2.24) is 9.55 Å². The highest BCUT2D eigenvalue weighted by Crippen LogP contribution is 2.22. The summed E-state index contributed by atoms with van der Waals surface area (Å²) in [7, 11) is 1.98. The summed E-state index contributed by atoms with van der Waals surface area (Å²) >= 11 is 0. The number of imidazole rings is 1. The van der Waals surface area contributed by atoms with Crippen molar-refractivity contribution in [3.63, 3.8) is 0 Å². The summed E-state index contributed by atoms with van der Waals surface area (Å²) in [4.78, 5) is 6.64.